The number of carbonyl (C=O) groups is 3. The van der Waals surface area contributed by atoms with Crippen LogP contribution in [0.25, 0.3) is 0 Å². The molecule has 1 atom stereocenters. The number of nitrogens with zero attached hydrogens (tertiary/aromatic N) is 1. The molecule has 0 aliphatic rings. The fourth-order valence-electron chi connectivity index (χ4n) is 2.84. The van der Waals surface area contributed by atoms with Gasteiger partial charge in [-0.1, -0.05) is 43.1 Å². The SMILES string of the molecule is CCCC(C)NC(=O)COC(=O)c1ccccc1C(=O)c1ccc(Cl)c([N+](=O)[O-])c1. The molecule has 0 saturated heterocycles. The Morgan fingerprint density at radius 1 is 1.17 bits per heavy atom. The molecular formula is C21H21ClN2O6. The third-order valence-electron chi connectivity index (χ3n) is 4.26. The van der Waals surface area contributed by atoms with E-state index in [9.17, 15) is 24.5 Å². The van der Waals surface area contributed by atoms with E-state index in [1.54, 1.807) is 12.1 Å². The Morgan fingerprint density at radius 2 is 1.83 bits per heavy atom. The van der Waals surface area contributed by atoms with E-state index in [0.717, 1.165) is 18.9 Å². The average Bonchev–Trinajstić information content (AvgIpc) is 2.71. The van der Waals surface area contributed by atoms with Crippen molar-refractivity contribution in [1.82, 2.24) is 5.32 Å². The molecule has 1 unspecified atom stereocenters. The molecule has 30 heavy (non-hydrogen) atoms. The second kappa shape index (κ2) is 10.5. The Labute approximate surface area is 178 Å². The van der Waals surface area contributed by atoms with Gasteiger partial charge in [0.2, 0.25) is 0 Å². The highest BCUT2D eigenvalue weighted by atomic mass is 35.5. The van der Waals surface area contributed by atoms with Crippen molar-refractivity contribution in [3.63, 3.8) is 0 Å². The molecule has 0 spiro atoms. The van der Waals surface area contributed by atoms with Crippen molar-refractivity contribution in [2.75, 3.05) is 6.61 Å². The number of carbonyl (C=O) groups excluding carboxylic acids is 3. The fraction of sp³-hybridized carbons (Fsp3) is 0.286. The number of ether oxygens (including phenoxy) is 1. The highest BCUT2D eigenvalue weighted by Crippen LogP contribution is 2.27. The smallest absolute Gasteiger partial charge is 0.339 e. The van der Waals surface area contributed by atoms with Crippen LogP contribution in [0.2, 0.25) is 5.02 Å². The van der Waals surface area contributed by atoms with Gasteiger partial charge in [0.05, 0.1) is 10.5 Å². The zero-order valence-corrected chi connectivity index (χ0v) is 17.3. The first-order chi connectivity index (χ1) is 14.2. The third kappa shape index (κ3) is 5.87. The van der Waals surface area contributed by atoms with Gasteiger partial charge < -0.3 is 10.1 Å². The molecule has 8 nitrogen and oxygen atoms in total. The van der Waals surface area contributed by atoms with Crippen LogP contribution >= 0.6 is 11.6 Å². The lowest BCUT2D eigenvalue weighted by atomic mass is 9.98. The van der Waals surface area contributed by atoms with Crippen molar-refractivity contribution in [3.05, 3.63) is 74.3 Å². The van der Waals surface area contributed by atoms with Crippen molar-refractivity contribution in [2.24, 2.45) is 0 Å². The second-order valence-corrected chi connectivity index (χ2v) is 7.04. The summed E-state index contributed by atoms with van der Waals surface area (Å²) in [5, 5.41) is 13.7. The number of nitro benzene ring substituents is 1. The Balaban J connectivity index is 2.18. The first-order valence-electron chi connectivity index (χ1n) is 9.28. The quantitative estimate of drug-likeness (QED) is 0.277. The van der Waals surface area contributed by atoms with Gasteiger partial charge in [0.15, 0.2) is 12.4 Å². The maximum Gasteiger partial charge on any atom is 0.339 e. The van der Waals surface area contributed by atoms with E-state index >= 15 is 0 Å². The van der Waals surface area contributed by atoms with Gasteiger partial charge in [0, 0.05) is 23.2 Å². The van der Waals surface area contributed by atoms with E-state index in [1.165, 1.54) is 24.3 Å². The average molecular weight is 433 g/mol. The Bertz CT molecular complexity index is 976. The molecule has 2 rings (SSSR count). The van der Waals surface area contributed by atoms with E-state index < -0.39 is 34.9 Å². The summed E-state index contributed by atoms with van der Waals surface area (Å²) >= 11 is 5.79. The molecule has 0 aromatic heterocycles. The number of hydrogen-bond donors (Lipinski definition) is 1. The van der Waals surface area contributed by atoms with Gasteiger partial charge in [-0.15, -0.1) is 0 Å². The molecule has 0 heterocycles. The van der Waals surface area contributed by atoms with Crippen LogP contribution in [-0.4, -0.2) is 35.2 Å². The number of amides is 1. The van der Waals surface area contributed by atoms with Gasteiger partial charge in [-0.2, -0.15) is 0 Å². The van der Waals surface area contributed by atoms with Gasteiger partial charge in [0.1, 0.15) is 5.02 Å². The van der Waals surface area contributed by atoms with Crippen LogP contribution in [0.4, 0.5) is 5.69 Å². The molecule has 0 saturated carbocycles. The van der Waals surface area contributed by atoms with Gasteiger partial charge >= 0.3 is 5.97 Å². The summed E-state index contributed by atoms with van der Waals surface area (Å²) in [5.41, 5.74) is -0.466. The molecule has 0 aliphatic heterocycles. The highest BCUT2D eigenvalue weighted by molar-refractivity contribution is 6.33. The van der Waals surface area contributed by atoms with E-state index in [-0.39, 0.29) is 27.8 Å². The minimum absolute atomic E-state index is 0.00104. The predicted octanol–water partition coefficient (Wildman–Crippen LogP) is 3.94. The lowest BCUT2D eigenvalue weighted by Gasteiger charge is -2.13. The molecule has 2 aromatic carbocycles. The molecule has 0 fully saturated rings. The minimum atomic E-state index is -0.847. The van der Waals surface area contributed by atoms with Crippen LogP contribution in [0.15, 0.2) is 42.5 Å². The summed E-state index contributed by atoms with van der Waals surface area (Å²) in [6, 6.07) is 9.47. The van der Waals surface area contributed by atoms with Crippen LogP contribution in [0, 0.1) is 10.1 Å². The van der Waals surface area contributed by atoms with E-state index in [4.69, 9.17) is 16.3 Å². The molecule has 158 valence electrons. The number of hydrogen-bond acceptors (Lipinski definition) is 6. The van der Waals surface area contributed by atoms with Crippen LogP contribution in [-0.2, 0) is 9.53 Å². The number of ketones is 1. The van der Waals surface area contributed by atoms with Gasteiger partial charge in [-0.05, 0) is 31.5 Å². The molecule has 1 N–H and O–H groups in total. The predicted molar refractivity (Wildman–Crippen MR) is 111 cm³/mol. The Hall–Kier alpha value is -3.26. The molecular weight excluding hydrogens is 412 g/mol. The van der Waals surface area contributed by atoms with Crippen molar-refractivity contribution in [1.29, 1.82) is 0 Å². The topological polar surface area (TPSA) is 116 Å². The monoisotopic (exact) mass is 432 g/mol. The third-order valence-corrected chi connectivity index (χ3v) is 4.58. The first kappa shape index (κ1) is 23.0. The maximum atomic E-state index is 12.9. The first-order valence-corrected chi connectivity index (χ1v) is 9.66. The minimum Gasteiger partial charge on any atom is -0.452 e. The van der Waals surface area contributed by atoms with Crippen LogP contribution in [0.5, 0.6) is 0 Å². The zero-order valence-electron chi connectivity index (χ0n) is 16.5. The summed E-state index contributed by atoms with van der Waals surface area (Å²) in [6.07, 6.45) is 1.70. The van der Waals surface area contributed by atoms with Crippen LogP contribution in [0.3, 0.4) is 0 Å². The highest BCUT2D eigenvalue weighted by Gasteiger charge is 2.22. The van der Waals surface area contributed by atoms with Crippen molar-refractivity contribution >= 4 is 34.9 Å². The number of nitro groups is 1. The molecule has 0 aliphatic carbocycles. The standard InChI is InChI=1S/C21H21ClN2O6/c1-3-6-13(2)23-19(25)12-30-21(27)16-8-5-4-7-15(16)20(26)14-9-10-17(22)18(11-14)24(28)29/h4-5,7-11,13H,3,6,12H2,1-2H3,(H,23,25). The van der Waals surface area contributed by atoms with Gasteiger partial charge in [-0.25, -0.2) is 4.79 Å². The van der Waals surface area contributed by atoms with Crippen LogP contribution in [0.1, 0.15) is 53.0 Å². The summed E-state index contributed by atoms with van der Waals surface area (Å²) < 4.78 is 5.04. The summed E-state index contributed by atoms with van der Waals surface area (Å²) in [6.45, 7) is 3.36. The molecule has 9 heteroatoms. The maximum absolute atomic E-state index is 12.9. The normalized spacial score (nSPS) is 11.4. The van der Waals surface area contributed by atoms with E-state index in [0.29, 0.717) is 0 Å². The molecule has 0 bridgehead atoms. The van der Waals surface area contributed by atoms with Crippen molar-refractivity contribution < 1.29 is 24.0 Å². The molecule has 2 aromatic rings. The van der Waals surface area contributed by atoms with Gasteiger partial charge in [0.25, 0.3) is 11.6 Å². The Kier molecular flexibility index (Phi) is 8.06. The molecule has 0 radical (unpaired) electrons. The summed E-state index contributed by atoms with van der Waals surface area (Å²) in [4.78, 5) is 47.6. The van der Waals surface area contributed by atoms with E-state index in [1.807, 2.05) is 13.8 Å². The summed E-state index contributed by atoms with van der Waals surface area (Å²) in [7, 11) is 0. The largest absolute Gasteiger partial charge is 0.452 e. The second-order valence-electron chi connectivity index (χ2n) is 6.63. The fourth-order valence-corrected chi connectivity index (χ4v) is 3.03. The molecule has 1 amide bonds. The van der Waals surface area contributed by atoms with E-state index in [2.05, 4.69) is 5.32 Å². The summed E-state index contributed by atoms with van der Waals surface area (Å²) in [5.74, 6) is -1.90. The van der Waals surface area contributed by atoms with Crippen LogP contribution < -0.4 is 5.32 Å². The van der Waals surface area contributed by atoms with Crippen molar-refractivity contribution in [3.8, 4) is 0 Å². The number of rotatable bonds is 9. The number of nitrogens with one attached hydrogen (secondary N) is 1. The zero-order chi connectivity index (χ0) is 22.3. The number of halogens is 1. The number of esters is 1. The lowest BCUT2D eigenvalue weighted by molar-refractivity contribution is -0.384. The van der Waals surface area contributed by atoms with Gasteiger partial charge in [-0.3, -0.25) is 19.7 Å². The number of benzene rings is 2. The van der Waals surface area contributed by atoms with Crippen molar-refractivity contribution in [2.45, 2.75) is 32.7 Å². The Morgan fingerprint density at radius 3 is 2.47 bits per heavy atom. The lowest BCUT2D eigenvalue weighted by Crippen LogP contribution is -2.35.